The summed E-state index contributed by atoms with van der Waals surface area (Å²) in [5.74, 6) is 1.93. The van der Waals surface area contributed by atoms with E-state index >= 15 is 0 Å². The first kappa shape index (κ1) is 19.5. The van der Waals surface area contributed by atoms with Crippen molar-refractivity contribution in [3.8, 4) is 0 Å². The zero-order chi connectivity index (χ0) is 18.1. The van der Waals surface area contributed by atoms with Crippen molar-refractivity contribution in [1.82, 2.24) is 15.1 Å². The summed E-state index contributed by atoms with van der Waals surface area (Å²) in [6.45, 7) is 13.4. The Hall–Kier alpha value is -1.79. The molecule has 1 aromatic rings. The third-order valence-electron chi connectivity index (χ3n) is 4.56. The zero-order valence-corrected chi connectivity index (χ0v) is 15.8. The van der Waals surface area contributed by atoms with Gasteiger partial charge in [-0.15, -0.1) is 6.58 Å². The Morgan fingerprint density at radius 1 is 1.44 bits per heavy atom. The average Bonchev–Trinajstić information content (AvgIpc) is 3.10. The number of guanidine groups is 1. The van der Waals surface area contributed by atoms with Crippen LogP contribution in [0.25, 0.3) is 0 Å². The number of aliphatic imine (C=N–C) groups is 1. The highest BCUT2D eigenvalue weighted by Crippen LogP contribution is 2.15. The van der Waals surface area contributed by atoms with Crippen LogP contribution in [0.1, 0.15) is 19.6 Å². The van der Waals surface area contributed by atoms with Gasteiger partial charge in [-0.25, -0.2) is 0 Å². The van der Waals surface area contributed by atoms with Gasteiger partial charge in [0.15, 0.2) is 5.96 Å². The number of methoxy groups -OCH3 is 1. The fourth-order valence-corrected chi connectivity index (χ4v) is 3.32. The largest absolute Gasteiger partial charge is 0.469 e. The summed E-state index contributed by atoms with van der Waals surface area (Å²) < 4.78 is 10.6. The fourth-order valence-electron chi connectivity index (χ4n) is 3.32. The van der Waals surface area contributed by atoms with Crippen LogP contribution in [0.4, 0.5) is 0 Å². The molecule has 6 nitrogen and oxygen atoms in total. The van der Waals surface area contributed by atoms with E-state index in [2.05, 4.69) is 35.5 Å². The van der Waals surface area contributed by atoms with Gasteiger partial charge in [-0.05, 0) is 26.0 Å². The Labute approximate surface area is 151 Å². The van der Waals surface area contributed by atoms with Crippen LogP contribution >= 0.6 is 0 Å². The van der Waals surface area contributed by atoms with E-state index in [1.807, 2.05) is 18.2 Å². The number of hydrogen-bond acceptors (Lipinski definition) is 4. The van der Waals surface area contributed by atoms with Crippen LogP contribution in [-0.4, -0.2) is 74.3 Å². The number of furan rings is 1. The SMILES string of the molecule is C=CCNC(=NCCc1ccco1)N1CC(C)N(CCOC)C(C)C1. The maximum absolute atomic E-state index is 5.39. The normalized spacial score (nSPS) is 22.2. The van der Waals surface area contributed by atoms with E-state index in [4.69, 9.17) is 14.1 Å². The van der Waals surface area contributed by atoms with Crippen molar-refractivity contribution in [3.05, 3.63) is 36.8 Å². The second-order valence-corrected chi connectivity index (χ2v) is 6.54. The molecule has 0 aromatic carbocycles. The highest BCUT2D eigenvalue weighted by Gasteiger charge is 2.30. The topological polar surface area (TPSA) is 53.2 Å². The summed E-state index contributed by atoms with van der Waals surface area (Å²) in [6.07, 6.45) is 4.38. The summed E-state index contributed by atoms with van der Waals surface area (Å²) >= 11 is 0. The van der Waals surface area contributed by atoms with Crippen molar-refractivity contribution in [2.45, 2.75) is 32.4 Å². The second kappa shape index (κ2) is 10.3. The molecule has 2 rings (SSSR count). The number of nitrogens with one attached hydrogen (secondary N) is 1. The molecule has 1 aliphatic rings. The molecule has 0 bridgehead atoms. The highest BCUT2D eigenvalue weighted by molar-refractivity contribution is 5.80. The summed E-state index contributed by atoms with van der Waals surface area (Å²) in [7, 11) is 1.76. The first-order valence-corrected chi connectivity index (χ1v) is 9.07. The second-order valence-electron chi connectivity index (χ2n) is 6.54. The van der Waals surface area contributed by atoms with E-state index in [0.29, 0.717) is 25.2 Å². The maximum Gasteiger partial charge on any atom is 0.194 e. The predicted octanol–water partition coefficient (Wildman–Crippen LogP) is 1.99. The highest BCUT2D eigenvalue weighted by atomic mass is 16.5. The summed E-state index contributed by atoms with van der Waals surface area (Å²) in [6, 6.07) is 4.82. The minimum absolute atomic E-state index is 0.458. The van der Waals surface area contributed by atoms with Gasteiger partial charge in [0.05, 0.1) is 12.9 Å². The summed E-state index contributed by atoms with van der Waals surface area (Å²) in [5, 5.41) is 3.40. The van der Waals surface area contributed by atoms with Crippen LogP contribution in [0, 0.1) is 0 Å². The van der Waals surface area contributed by atoms with Crippen LogP contribution in [-0.2, 0) is 11.2 Å². The lowest BCUT2D eigenvalue weighted by Gasteiger charge is -2.45. The molecule has 0 saturated carbocycles. The van der Waals surface area contributed by atoms with Crippen molar-refractivity contribution >= 4 is 5.96 Å². The molecule has 0 amide bonds. The van der Waals surface area contributed by atoms with Gasteiger partial charge in [0.2, 0.25) is 0 Å². The Morgan fingerprint density at radius 3 is 2.80 bits per heavy atom. The molecular formula is C19H32N4O2. The standard InChI is InChI=1S/C19H32N4O2/c1-5-9-20-19(21-10-8-18-7-6-12-25-18)22-14-16(2)23(11-13-24-4)17(3)15-22/h5-7,12,16-17H,1,8-11,13-15H2,2-4H3,(H,20,21). The lowest BCUT2D eigenvalue weighted by Crippen LogP contribution is -2.60. The van der Waals surface area contributed by atoms with Crippen molar-refractivity contribution < 1.29 is 9.15 Å². The van der Waals surface area contributed by atoms with Gasteiger partial charge in [0.25, 0.3) is 0 Å². The first-order chi connectivity index (χ1) is 12.2. The monoisotopic (exact) mass is 348 g/mol. The van der Waals surface area contributed by atoms with Crippen molar-refractivity contribution in [2.24, 2.45) is 4.99 Å². The number of hydrogen-bond donors (Lipinski definition) is 1. The maximum atomic E-state index is 5.39. The Bertz CT molecular complexity index is 518. The summed E-state index contributed by atoms with van der Waals surface area (Å²) in [4.78, 5) is 9.66. The molecule has 0 aliphatic carbocycles. The van der Waals surface area contributed by atoms with Crippen LogP contribution in [0.3, 0.4) is 0 Å². The van der Waals surface area contributed by atoms with Gasteiger partial charge >= 0.3 is 0 Å². The molecule has 140 valence electrons. The van der Waals surface area contributed by atoms with Gasteiger partial charge in [-0.1, -0.05) is 6.08 Å². The third kappa shape index (κ3) is 5.90. The summed E-state index contributed by atoms with van der Waals surface area (Å²) in [5.41, 5.74) is 0. The molecule has 1 N–H and O–H groups in total. The van der Waals surface area contributed by atoms with Gasteiger partial charge in [0, 0.05) is 58.3 Å². The molecule has 2 unspecified atom stereocenters. The van der Waals surface area contributed by atoms with Crippen molar-refractivity contribution in [3.63, 3.8) is 0 Å². The van der Waals surface area contributed by atoms with E-state index < -0.39 is 0 Å². The molecule has 1 saturated heterocycles. The molecule has 0 spiro atoms. The third-order valence-corrected chi connectivity index (χ3v) is 4.56. The van der Waals surface area contributed by atoms with E-state index in [1.165, 1.54) is 0 Å². The number of piperazine rings is 1. The Kier molecular flexibility index (Phi) is 8.01. The Morgan fingerprint density at radius 2 is 2.20 bits per heavy atom. The molecule has 25 heavy (non-hydrogen) atoms. The predicted molar refractivity (Wildman–Crippen MR) is 102 cm³/mol. The molecule has 0 radical (unpaired) electrons. The van der Waals surface area contributed by atoms with E-state index in [0.717, 1.165) is 44.4 Å². The lowest BCUT2D eigenvalue weighted by molar-refractivity contribution is 0.0444. The quantitative estimate of drug-likeness (QED) is 0.442. The van der Waals surface area contributed by atoms with Crippen LogP contribution in [0.5, 0.6) is 0 Å². The van der Waals surface area contributed by atoms with Crippen molar-refractivity contribution in [2.75, 3.05) is 46.4 Å². The minimum atomic E-state index is 0.458. The van der Waals surface area contributed by atoms with E-state index in [-0.39, 0.29) is 0 Å². The van der Waals surface area contributed by atoms with E-state index in [9.17, 15) is 0 Å². The molecule has 2 atom stereocenters. The number of ether oxygens (including phenoxy) is 1. The van der Waals surface area contributed by atoms with Gasteiger partial charge in [-0.3, -0.25) is 9.89 Å². The lowest BCUT2D eigenvalue weighted by atomic mass is 10.1. The molecular weight excluding hydrogens is 316 g/mol. The molecule has 1 fully saturated rings. The molecule has 1 aliphatic heterocycles. The number of nitrogens with zero attached hydrogens (tertiary/aromatic N) is 3. The Balaban J connectivity index is 1.97. The van der Waals surface area contributed by atoms with Crippen molar-refractivity contribution in [1.29, 1.82) is 0 Å². The molecule has 1 aromatic heterocycles. The van der Waals surface area contributed by atoms with Crippen LogP contribution < -0.4 is 5.32 Å². The van der Waals surface area contributed by atoms with Gasteiger partial charge < -0.3 is 19.4 Å². The van der Waals surface area contributed by atoms with Crippen LogP contribution in [0.15, 0.2) is 40.5 Å². The van der Waals surface area contributed by atoms with E-state index in [1.54, 1.807) is 13.4 Å². The van der Waals surface area contributed by atoms with Crippen LogP contribution in [0.2, 0.25) is 0 Å². The smallest absolute Gasteiger partial charge is 0.194 e. The minimum Gasteiger partial charge on any atom is -0.469 e. The fraction of sp³-hybridized carbons (Fsp3) is 0.632. The first-order valence-electron chi connectivity index (χ1n) is 9.07. The zero-order valence-electron chi connectivity index (χ0n) is 15.8. The number of rotatable bonds is 8. The van der Waals surface area contributed by atoms with Gasteiger partial charge in [-0.2, -0.15) is 0 Å². The molecule has 2 heterocycles. The average molecular weight is 348 g/mol. The van der Waals surface area contributed by atoms with Gasteiger partial charge in [0.1, 0.15) is 5.76 Å². The molecule has 6 heteroatoms.